The predicted octanol–water partition coefficient (Wildman–Crippen LogP) is 2.84. The molecule has 1 aromatic heterocycles. The van der Waals surface area contributed by atoms with Gasteiger partial charge in [0.25, 0.3) is 0 Å². The second-order valence-electron chi connectivity index (χ2n) is 3.78. The van der Waals surface area contributed by atoms with Crippen molar-refractivity contribution in [2.75, 3.05) is 0 Å². The van der Waals surface area contributed by atoms with Crippen LogP contribution in [0, 0.1) is 12.7 Å². The molecule has 0 fully saturated rings. The highest BCUT2D eigenvalue weighted by atomic mass is 19.1. The van der Waals surface area contributed by atoms with E-state index in [1.54, 1.807) is 25.1 Å². The van der Waals surface area contributed by atoms with Gasteiger partial charge in [-0.3, -0.25) is 0 Å². The quantitative estimate of drug-likeness (QED) is 0.848. The van der Waals surface area contributed by atoms with Crippen molar-refractivity contribution in [1.29, 1.82) is 0 Å². The fourth-order valence-electron chi connectivity index (χ4n) is 1.44. The molecule has 16 heavy (non-hydrogen) atoms. The molecule has 1 atom stereocenters. The summed E-state index contributed by atoms with van der Waals surface area (Å²) in [5, 5.41) is 13.0. The van der Waals surface area contributed by atoms with Gasteiger partial charge in [-0.05, 0) is 26.0 Å². The third-order valence-corrected chi connectivity index (χ3v) is 2.34. The van der Waals surface area contributed by atoms with Gasteiger partial charge in [0, 0.05) is 6.07 Å². The molecule has 2 aromatic rings. The van der Waals surface area contributed by atoms with Crippen molar-refractivity contribution in [3.63, 3.8) is 0 Å². The zero-order valence-electron chi connectivity index (χ0n) is 9.07. The number of aryl methyl sites for hydroxylation is 1. The highest BCUT2D eigenvalue weighted by Gasteiger charge is 2.13. The number of rotatable bonds is 2. The lowest BCUT2D eigenvalue weighted by atomic mass is 10.1. The van der Waals surface area contributed by atoms with E-state index < -0.39 is 6.10 Å². The average Bonchev–Trinajstić information content (AvgIpc) is 2.70. The molecule has 0 saturated heterocycles. The van der Waals surface area contributed by atoms with Crippen LogP contribution in [-0.2, 0) is 0 Å². The Kier molecular flexibility index (Phi) is 2.75. The van der Waals surface area contributed by atoms with Crippen LogP contribution in [0.2, 0.25) is 0 Å². The summed E-state index contributed by atoms with van der Waals surface area (Å²) in [6.45, 7) is 3.45. The first-order valence-electron chi connectivity index (χ1n) is 4.99. The molecular weight excluding hydrogens is 209 g/mol. The first-order valence-corrected chi connectivity index (χ1v) is 4.99. The van der Waals surface area contributed by atoms with Crippen LogP contribution in [0.3, 0.4) is 0 Å². The maximum atomic E-state index is 13.5. The topological polar surface area (TPSA) is 46.3 Å². The van der Waals surface area contributed by atoms with Crippen molar-refractivity contribution in [1.82, 2.24) is 5.16 Å². The van der Waals surface area contributed by atoms with Crippen LogP contribution in [-0.4, -0.2) is 10.3 Å². The second kappa shape index (κ2) is 4.06. The molecule has 84 valence electrons. The number of hydrogen-bond acceptors (Lipinski definition) is 3. The van der Waals surface area contributed by atoms with Crippen LogP contribution in [0.4, 0.5) is 4.39 Å². The van der Waals surface area contributed by atoms with Crippen LogP contribution in [0.5, 0.6) is 0 Å². The van der Waals surface area contributed by atoms with E-state index in [1.165, 1.54) is 6.07 Å². The highest BCUT2D eigenvalue weighted by Crippen LogP contribution is 2.26. The Bertz CT molecular complexity index is 505. The van der Waals surface area contributed by atoms with E-state index in [1.807, 2.05) is 6.92 Å². The van der Waals surface area contributed by atoms with Gasteiger partial charge in [-0.15, -0.1) is 0 Å². The molecule has 0 aliphatic heterocycles. The SMILES string of the molecule is Cc1ccc(F)c(-c2cc(C(C)O)no2)c1. The van der Waals surface area contributed by atoms with Gasteiger partial charge in [-0.2, -0.15) is 0 Å². The van der Waals surface area contributed by atoms with Gasteiger partial charge in [0.2, 0.25) is 0 Å². The van der Waals surface area contributed by atoms with Crippen LogP contribution in [0.1, 0.15) is 24.3 Å². The predicted molar refractivity (Wildman–Crippen MR) is 57.3 cm³/mol. The second-order valence-corrected chi connectivity index (χ2v) is 3.78. The summed E-state index contributed by atoms with van der Waals surface area (Å²) in [5.41, 5.74) is 1.70. The molecule has 1 N–H and O–H groups in total. The number of nitrogens with zero attached hydrogens (tertiary/aromatic N) is 1. The van der Waals surface area contributed by atoms with E-state index in [2.05, 4.69) is 5.16 Å². The molecule has 0 saturated carbocycles. The smallest absolute Gasteiger partial charge is 0.170 e. The Labute approximate surface area is 92.5 Å². The molecule has 4 heteroatoms. The van der Waals surface area contributed by atoms with Crippen molar-refractivity contribution in [3.05, 3.63) is 41.3 Å². The molecule has 0 aliphatic carbocycles. The maximum Gasteiger partial charge on any atom is 0.170 e. The first kappa shape index (κ1) is 10.8. The average molecular weight is 221 g/mol. The molecule has 0 bridgehead atoms. The summed E-state index contributed by atoms with van der Waals surface area (Å²) in [6.07, 6.45) is -0.717. The third-order valence-electron chi connectivity index (χ3n) is 2.34. The summed E-state index contributed by atoms with van der Waals surface area (Å²) in [7, 11) is 0. The molecule has 3 nitrogen and oxygen atoms in total. The van der Waals surface area contributed by atoms with Crippen molar-refractivity contribution >= 4 is 0 Å². The third kappa shape index (κ3) is 1.97. The number of halogens is 1. The minimum atomic E-state index is -0.717. The van der Waals surface area contributed by atoms with Crippen molar-refractivity contribution in [2.45, 2.75) is 20.0 Å². The lowest BCUT2D eigenvalue weighted by Crippen LogP contribution is -1.89. The van der Waals surface area contributed by atoms with Gasteiger partial charge < -0.3 is 9.63 Å². The molecule has 2 rings (SSSR count). The van der Waals surface area contributed by atoms with Gasteiger partial charge in [0.15, 0.2) is 5.76 Å². The van der Waals surface area contributed by atoms with Gasteiger partial charge in [0.1, 0.15) is 11.5 Å². The van der Waals surface area contributed by atoms with Gasteiger partial charge >= 0.3 is 0 Å². The molecule has 1 heterocycles. The number of aliphatic hydroxyl groups excluding tert-OH is 1. The maximum absolute atomic E-state index is 13.5. The summed E-state index contributed by atoms with van der Waals surface area (Å²) in [6, 6.07) is 6.30. The normalized spacial score (nSPS) is 12.8. The van der Waals surface area contributed by atoms with Crippen molar-refractivity contribution in [3.8, 4) is 11.3 Å². The lowest BCUT2D eigenvalue weighted by Gasteiger charge is -1.99. The summed E-state index contributed by atoms with van der Waals surface area (Å²) in [5.74, 6) is -0.0315. The number of aliphatic hydroxyl groups is 1. The zero-order valence-corrected chi connectivity index (χ0v) is 9.07. The minimum Gasteiger partial charge on any atom is -0.387 e. The monoisotopic (exact) mass is 221 g/mol. The van der Waals surface area contributed by atoms with Gasteiger partial charge in [0.05, 0.1) is 11.7 Å². The van der Waals surface area contributed by atoms with E-state index in [-0.39, 0.29) is 5.82 Å². The summed E-state index contributed by atoms with van der Waals surface area (Å²) in [4.78, 5) is 0. The Morgan fingerprint density at radius 1 is 1.38 bits per heavy atom. The van der Waals surface area contributed by atoms with Crippen molar-refractivity contribution < 1.29 is 14.0 Å². The molecular formula is C12H12FNO2. The molecule has 0 spiro atoms. The minimum absolute atomic E-state index is 0.331. The summed E-state index contributed by atoms with van der Waals surface area (Å²) >= 11 is 0. The van der Waals surface area contributed by atoms with Crippen molar-refractivity contribution in [2.24, 2.45) is 0 Å². The van der Waals surface area contributed by atoms with Crippen LogP contribution >= 0.6 is 0 Å². The van der Waals surface area contributed by atoms with E-state index in [0.717, 1.165) is 5.56 Å². The summed E-state index contributed by atoms with van der Waals surface area (Å²) < 4.78 is 18.5. The number of aromatic nitrogens is 1. The van der Waals surface area contributed by atoms with E-state index >= 15 is 0 Å². The van der Waals surface area contributed by atoms with Gasteiger partial charge in [-0.25, -0.2) is 4.39 Å². The van der Waals surface area contributed by atoms with Crippen LogP contribution in [0.15, 0.2) is 28.8 Å². The largest absolute Gasteiger partial charge is 0.387 e. The molecule has 0 aliphatic rings. The number of benzene rings is 1. The number of hydrogen-bond donors (Lipinski definition) is 1. The zero-order chi connectivity index (χ0) is 11.7. The molecule has 1 aromatic carbocycles. The fraction of sp³-hybridized carbons (Fsp3) is 0.250. The molecule has 1 unspecified atom stereocenters. The standard InChI is InChI=1S/C12H12FNO2/c1-7-3-4-10(13)9(5-7)12-6-11(8(2)15)14-16-12/h3-6,8,15H,1-2H3. The van der Waals surface area contributed by atoms with E-state index in [0.29, 0.717) is 17.0 Å². The Morgan fingerprint density at radius 2 is 2.12 bits per heavy atom. The Hall–Kier alpha value is -1.68. The first-order chi connectivity index (χ1) is 7.58. The Morgan fingerprint density at radius 3 is 2.75 bits per heavy atom. The highest BCUT2D eigenvalue weighted by molar-refractivity contribution is 5.59. The van der Waals surface area contributed by atoms with Gasteiger partial charge in [-0.1, -0.05) is 16.8 Å². The van der Waals surface area contributed by atoms with E-state index in [4.69, 9.17) is 4.52 Å². The van der Waals surface area contributed by atoms with E-state index in [9.17, 15) is 9.50 Å². The Balaban J connectivity index is 2.46. The molecule has 0 amide bonds. The molecule has 0 radical (unpaired) electrons. The van der Waals surface area contributed by atoms with Crippen LogP contribution < -0.4 is 0 Å². The fourth-order valence-corrected chi connectivity index (χ4v) is 1.44. The lowest BCUT2D eigenvalue weighted by molar-refractivity contribution is 0.188. The van der Waals surface area contributed by atoms with Crippen LogP contribution in [0.25, 0.3) is 11.3 Å².